The van der Waals surface area contributed by atoms with Crippen molar-refractivity contribution in [2.45, 2.75) is 13.0 Å². The van der Waals surface area contributed by atoms with Gasteiger partial charge in [0, 0.05) is 17.1 Å². The lowest BCUT2D eigenvalue weighted by Crippen LogP contribution is -2.15. The van der Waals surface area contributed by atoms with Gasteiger partial charge in [0.1, 0.15) is 0 Å². The van der Waals surface area contributed by atoms with Crippen LogP contribution in [0.25, 0.3) is 0 Å². The van der Waals surface area contributed by atoms with Crippen molar-refractivity contribution in [2.75, 3.05) is 5.32 Å². The Balaban J connectivity index is 2.06. The van der Waals surface area contributed by atoms with Crippen LogP contribution in [0.5, 0.6) is 0 Å². The molecule has 1 aromatic carbocycles. The van der Waals surface area contributed by atoms with E-state index < -0.39 is 0 Å². The summed E-state index contributed by atoms with van der Waals surface area (Å²) in [5.41, 5.74) is 7.06. The van der Waals surface area contributed by atoms with Gasteiger partial charge in [-0.15, -0.1) is 11.3 Å². The summed E-state index contributed by atoms with van der Waals surface area (Å²) in [6.07, 6.45) is 0.244. The van der Waals surface area contributed by atoms with E-state index in [9.17, 15) is 4.79 Å². The van der Waals surface area contributed by atoms with Gasteiger partial charge >= 0.3 is 0 Å². The van der Waals surface area contributed by atoms with Crippen LogP contribution in [0.3, 0.4) is 0 Å². The number of rotatable bonds is 5. The predicted molar refractivity (Wildman–Crippen MR) is 76.0 cm³/mol. The summed E-state index contributed by atoms with van der Waals surface area (Å²) in [4.78, 5) is 12.1. The molecule has 0 saturated carbocycles. The Morgan fingerprint density at radius 2 is 2.06 bits per heavy atom. The van der Waals surface area contributed by atoms with Gasteiger partial charge in [0.25, 0.3) is 0 Å². The van der Waals surface area contributed by atoms with Crippen molar-refractivity contribution < 1.29 is 4.79 Å². The topological polar surface area (TPSA) is 55.1 Å². The maximum absolute atomic E-state index is 11.0. The first kappa shape index (κ1) is 12.9. The van der Waals surface area contributed by atoms with Crippen LogP contribution in [0.2, 0.25) is 4.34 Å². The van der Waals surface area contributed by atoms with Crippen molar-refractivity contribution in [3.05, 3.63) is 51.2 Å². The van der Waals surface area contributed by atoms with Gasteiger partial charge in [0.2, 0.25) is 5.91 Å². The molecule has 0 atom stereocenters. The Kier molecular flexibility index (Phi) is 4.23. The van der Waals surface area contributed by atoms with Crippen LogP contribution in [-0.4, -0.2) is 5.91 Å². The second-order valence-corrected chi connectivity index (χ2v) is 5.66. The van der Waals surface area contributed by atoms with Crippen LogP contribution in [-0.2, 0) is 17.8 Å². The predicted octanol–water partition coefficient (Wildman–Crippen LogP) is 3.04. The standard InChI is InChI=1S/C13H13ClN2OS/c14-12-6-5-10(18-12)8-16-11-4-2-1-3-9(11)7-13(15)17/h1-6,16H,7-8H2,(H2,15,17). The number of primary amides is 1. The summed E-state index contributed by atoms with van der Waals surface area (Å²) >= 11 is 7.41. The molecular weight excluding hydrogens is 268 g/mol. The van der Waals surface area contributed by atoms with E-state index >= 15 is 0 Å². The molecular formula is C13H13ClN2OS. The highest BCUT2D eigenvalue weighted by Crippen LogP contribution is 2.23. The minimum atomic E-state index is -0.330. The van der Waals surface area contributed by atoms with Gasteiger partial charge in [-0.25, -0.2) is 0 Å². The number of thiophene rings is 1. The van der Waals surface area contributed by atoms with Crippen molar-refractivity contribution in [1.29, 1.82) is 0 Å². The van der Waals surface area contributed by atoms with Crippen molar-refractivity contribution in [1.82, 2.24) is 0 Å². The van der Waals surface area contributed by atoms with E-state index in [1.165, 1.54) is 11.3 Å². The van der Waals surface area contributed by atoms with Crippen LogP contribution in [0.15, 0.2) is 36.4 Å². The number of hydrogen-bond acceptors (Lipinski definition) is 3. The van der Waals surface area contributed by atoms with Gasteiger partial charge in [-0.05, 0) is 23.8 Å². The number of carbonyl (C=O) groups is 1. The molecule has 18 heavy (non-hydrogen) atoms. The molecule has 0 aliphatic carbocycles. The molecule has 1 aromatic heterocycles. The van der Waals surface area contributed by atoms with Crippen LogP contribution < -0.4 is 11.1 Å². The number of benzene rings is 1. The SMILES string of the molecule is NC(=O)Cc1ccccc1NCc1ccc(Cl)s1. The van der Waals surface area contributed by atoms with Gasteiger partial charge in [-0.2, -0.15) is 0 Å². The van der Waals surface area contributed by atoms with Crippen LogP contribution in [0, 0.1) is 0 Å². The Morgan fingerprint density at radius 3 is 2.72 bits per heavy atom. The number of para-hydroxylation sites is 1. The normalized spacial score (nSPS) is 10.3. The second kappa shape index (κ2) is 5.89. The van der Waals surface area contributed by atoms with Crippen molar-refractivity contribution in [3.8, 4) is 0 Å². The third-order valence-corrected chi connectivity index (χ3v) is 3.70. The highest BCUT2D eigenvalue weighted by atomic mass is 35.5. The lowest BCUT2D eigenvalue weighted by atomic mass is 10.1. The molecule has 1 amide bonds. The number of nitrogens with two attached hydrogens (primary N) is 1. The van der Waals surface area contributed by atoms with E-state index in [-0.39, 0.29) is 12.3 Å². The summed E-state index contributed by atoms with van der Waals surface area (Å²) in [5, 5.41) is 3.29. The fourth-order valence-electron chi connectivity index (χ4n) is 1.66. The largest absolute Gasteiger partial charge is 0.380 e. The molecule has 0 saturated heterocycles. The first-order valence-electron chi connectivity index (χ1n) is 5.49. The minimum Gasteiger partial charge on any atom is -0.380 e. The van der Waals surface area contributed by atoms with Gasteiger partial charge in [-0.1, -0.05) is 29.8 Å². The van der Waals surface area contributed by atoms with Crippen LogP contribution in [0.4, 0.5) is 5.69 Å². The minimum absolute atomic E-state index is 0.244. The fourth-order valence-corrected chi connectivity index (χ4v) is 2.69. The summed E-state index contributed by atoms with van der Waals surface area (Å²) < 4.78 is 0.775. The zero-order chi connectivity index (χ0) is 13.0. The second-order valence-electron chi connectivity index (χ2n) is 3.86. The van der Waals surface area contributed by atoms with E-state index in [2.05, 4.69) is 5.32 Å². The van der Waals surface area contributed by atoms with E-state index in [0.717, 1.165) is 20.5 Å². The Labute approximate surface area is 115 Å². The van der Waals surface area contributed by atoms with Crippen molar-refractivity contribution in [2.24, 2.45) is 5.73 Å². The number of anilines is 1. The smallest absolute Gasteiger partial charge is 0.221 e. The highest BCUT2D eigenvalue weighted by molar-refractivity contribution is 7.16. The van der Waals surface area contributed by atoms with Crippen molar-refractivity contribution in [3.63, 3.8) is 0 Å². The van der Waals surface area contributed by atoms with E-state index in [1.807, 2.05) is 36.4 Å². The number of nitrogens with one attached hydrogen (secondary N) is 1. The molecule has 2 rings (SSSR count). The lowest BCUT2D eigenvalue weighted by Gasteiger charge is -2.09. The molecule has 5 heteroatoms. The number of hydrogen-bond donors (Lipinski definition) is 2. The molecule has 0 bridgehead atoms. The third kappa shape index (κ3) is 3.48. The molecule has 0 fully saturated rings. The highest BCUT2D eigenvalue weighted by Gasteiger charge is 2.05. The Hall–Kier alpha value is -1.52. The average Bonchev–Trinajstić information content (AvgIpc) is 2.73. The summed E-state index contributed by atoms with van der Waals surface area (Å²) in [6.45, 7) is 0.688. The number of carbonyl (C=O) groups excluding carboxylic acids is 1. The zero-order valence-corrected chi connectivity index (χ0v) is 11.2. The lowest BCUT2D eigenvalue weighted by molar-refractivity contribution is -0.117. The number of amides is 1. The Bertz CT molecular complexity index is 553. The van der Waals surface area contributed by atoms with E-state index in [0.29, 0.717) is 6.54 Å². The molecule has 3 N–H and O–H groups in total. The molecule has 0 spiro atoms. The first-order chi connectivity index (χ1) is 8.65. The molecule has 94 valence electrons. The maximum atomic E-state index is 11.0. The fraction of sp³-hybridized carbons (Fsp3) is 0.154. The monoisotopic (exact) mass is 280 g/mol. The van der Waals surface area contributed by atoms with Gasteiger partial charge in [-0.3, -0.25) is 4.79 Å². The van der Waals surface area contributed by atoms with E-state index in [4.69, 9.17) is 17.3 Å². The van der Waals surface area contributed by atoms with E-state index in [1.54, 1.807) is 0 Å². The molecule has 0 unspecified atom stereocenters. The van der Waals surface area contributed by atoms with Gasteiger partial charge in [0.15, 0.2) is 0 Å². The molecule has 0 aliphatic heterocycles. The summed E-state index contributed by atoms with van der Waals surface area (Å²) in [6, 6.07) is 11.5. The molecule has 3 nitrogen and oxygen atoms in total. The summed E-state index contributed by atoms with van der Waals surface area (Å²) in [7, 11) is 0. The quantitative estimate of drug-likeness (QED) is 0.884. The van der Waals surface area contributed by atoms with Crippen LogP contribution in [0.1, 0.15) is 10.4 Å². The Morgan fingerprint density at radius 1 is 1.28 bits per heavy atom. The number of halogens is 1. The van der Waals surface area contributed by atoms with Gasteiger partial charge < -0.3 is 11.1 Å². The summed E-state index contributed by atoms with van der Waals surface area (Å²) in [5.74, 6) is -0.330. The molecule has 0 radical (unpaired) electrons. The molecule has 0 aliphatic rings. The molecule has 2 aromatic rings. The van der Waals surface area contributed by atoms with Crippen LogP contribution >= 0.6 is 22.9 Å². The molecule has 1 heterocycles. The third-order valence-electron chi connectivity index (χ3n) is 2.46. The zero-order valence-electron chi connectivity index (χ0n) is 9.65. The van der Waals surface area contributed by atoms with Crippen molar-refractivity contribution >= 4 is 34.5 Å². The average molecular weight is 281 g/mol. The maximum Gasteiger partial charge on any atom is 0.221 e. The van der Waals surface area contributed by atoms with Gasteiger partial charge in [0.05, 0.1) is 10.8 Å². The first-order valence-corrected chi connectivity index (χ1v) is 6.69.